The number of carbonyl (C=O) groups is 1. The Labute approximate surface area is 144 Å². The molecule has 1 heterocycles. The first-order chi connectivity index (χ1) is 11.2. The Hall–Kier alpha value is -2.26. The van der Waals surface area contributed by atoms with Crippen molar-refractivity contribution in [2.24, 2.45) is 0 Å². The van der Waals surface area contributed by atoms with Crippen molar-refractivity contribution >= 4 is 40.5 Å². The summed E-state index contributed by atoms with van der Waals surface area (Å²) in [6.07, 6.45) is -2.88. The minimum atomic E-state index is -2.88. The average Bonchev–Trinajstić information content (AvgIpc) is 2.77. The molecule has 0 spiro atoms. The van der Waals surface area contributed by atoms with E-state index in [-0.39, 0.29) is 27.1 Å². The minimum absolute atomic E-state index is 0.0700. The van der Waals surface area contributed by atoms with Crippen LogP contribution < -0.4 is 5.32 Å². The number of aromatic nitrogens is 2. The predicted octanol–water partition coefficient (Wildman–Crippen LogP) is 3.98. The van der Waals surface area contributed by atoms with Gasteiger partial charge in [0, 0.05) is 11.1 Å². The molecule has 0 bridgehead atoms. The molecular formula is C13H10Cl2F2N4O3. The highest BCUT2D eigenvalue weighted by molar-refractivity contribution is 6.32. The molecule has 24 heavy (non-hydrogen) atoms. The number of alkyl halides is 2. The topological polar surface area (TPSA) is 90.1 Å². The van der Waals surface area contributed by atoms with E-state index in [0.29, 0.717) is 0 Å². The third-order valence-corrected chi connectivity index (χ3v) is 3.79. The summed E-state index contributed by atoms with van der Waals surface area (Å²) in [6.45, 7) is 0.997. The molecule has 0 radical (unpaired) electrons. The lowest BCUT2D eigenvalue weighted by Gasteiger charge is -2.07. The van der Waals surface area contributed by atoms with Crippen LogP contribution in [0.5, 0.6) is 0 Å². The third kappa shape index (κ3) is 3.80. The van der Waals surface area contributed by atoms with Crippen LogP contribution >= 0.6 is 23.2 Å². The largest absolute Gasteiger partial charge is 0.319 e. The van der Waals surface area contributed by atoms with Crippen LogP contribution in [0.1, 0.15) is 17.8 Å². The van der Waals surface area contributed by atoms with Crippen molar-refractivity contribution in [3.63, 3.8) is 0 Å². The molecule has 1 aromatic heterocycles. The van der Waals surface area contributed by atoms with Crippen molar-refractivity contribution < 1.29 is 18.5 Å². The molecule has 0 atom stereocenters. The van der Waals surface area contributed by atoms with E-state index in [2.05, 4.69) is 10.4 Å². The van der Waals surface area contributed by atoms with Gasteiger partial charge in [-0.1, -0.05) is 23.2 Å². The summed E-state index contributed by atoms with van der Waals surface area (Å²) in [6, 6.07) is 3.73. The summed E-state index contributed by atoms with van der Waals surface area (Å²) in [7, 11) is 0. The zero-order valence-electron chi connectivity index (χ0n) is 12.1. The maximum absolute atomic E-state index is 12.7. The second kappa shape index (κ2) is 7.10. The lowest BCUT2D eigenvalue weighted by Crippen LogP contribution is -2.21. The number of anilines is 1. The van der Waals surface area contributed by atoms with E-state index in [4.69, 9.17) is 23.2 Å². The molecule has 7 nitrogen and oxygen atoms in total. The molecule has 128 valence electrons. The molecule has 0 unspecified atom stereocenters. The first kappa shape index (κ1) is 18.1. The molecule has 0 aliphatic rings. The van der Waals surface area contributed by atoms with Crippen molar-refractivity contribution in [1.29, 1.82) is 0 Å². The van der Waals surface area contributed by atoms with Gasteiger partial charge in [0.05, 0.1) is 15.6 Å². The number of carbonyl (C=O) groups excluding carboxylic acids is 1. The first-order valence-electron chi connectivity index (χ1n) is 6.45. The molecule has 0 aliphatic heterocycles. The Balaban J connectivity index is 2.21. The molecule has 11 heteroatoms. The summed E-state index contributed by atoms with van der Waals surface area (Å²) in [5.74, 6) is -0.691. The van der Waals surface area contributed by atoms with Gasteiger partial charge in [-0.3, -0.25) is 19.6 Å². The van der Waals surface area contributed by atoms with Crippen molar-refractivity contribution in [3.8, 4) is 0 Å². The summed E-state index contributed by atoms with van der Waals surface area (Å²) in [5.41, 5.74) is -0.897. The highest BCUT2D eigenvalue weighted by Gasteiger charge is 2.22. The molecule has 0 saturated heterocycles. The van der Waals surface area contributed by atoms with Crippen molar-refractivity contribution in [1.82, 2.24) is 9.78 Å². The number of amides is 1. The fraction of sp³-hybridized carbons (Fsp3) is 0.231. The number of rotatable bonds is 5. The highest BCUT2D eigenvalue weighted by atomic mass is 35.5. The summed E-state index contributed by atoms with van der Waals surface area (Å²) < 4.78 is 26.5. The monoisotopic (exact) mass is 378 g/mol. The number of benzene rings is 1. The zero-order valence-corrected chi connectivity index (χ0v) is 13.6. The third-order valence-electron chi connectivity index (χ3n) is 3.09. The minimum Gasteiger partial charge on any atom is -0.319 e. The average molecular weight is 379 g/mol. The summed E-state index contributed by atoms with van der Waals surface area (Å²) in [5, 5.41) is 16.8. The fourth-order valence-electron chi connectivity index (χ4n) is 1.93. The van der Waals surface area contributed by atoms with Gasteiger partial charge in [0.15, 0.2) is 0 Å². The van der Waals surface area contributed by atoms with Crippen LogP contribution in [0.2, 0.25) is 10.0 Å². The standard InChI is InChI=1S/C13H10Cl2F2N4O3/c1-6-11(15)12(13(16)17)19-20(6)5-10(22)18-8-3-2-7(14)4-9(8)21(23)24/h2-4,13H,5H2,1H3,(H,18,22). The normalized spacial score (nSPS) is 10.9. The number of halogens is 4. The SMILES string of the molecule is Cc1c(Cl)c(C(F)F)nn1CC(=O)Nc1ccc(Cl)cc1[N+](=O)[O-]. The molecule has 0 fully saturated rings. The van der Waals surface area contributed by atoms with Gasteiger partial charge in [-0.05, 0) is 19.1 Å². The van der Waals surface area contributed by atoms with E-state index in [1.54, 1.807) is 0 Å². The van der Waals surface area contributed by atoms with Crippen LogP contribution in [0.15, 0.2) is 18.2 Å². The summed E-state index contributed by atoms with van der Waals surface area (Å²) >= 11 is 11.4. The molecule has 1 aromatic carbocycles. The number of nitrogens with zero attached hydrogens (tertiary/aromatic N) is 3. The lowest BCUT2D eigenvalue weighted by molar-refractivity contribution is -0.383. The Kier molecular flexibility index (Phi) is 5.35. The van der Waals surface area contributed by atoms with Gasteiger partial charge in [-0.15, -0.1) is 0 Å². The van der Waals surface area contributed by atoms with Crippen molar-refractivity contribution in [3.05, 3.63) is 49.7 Å². The zero-order chi connectivity index (χ0) is 18.0. The van der Waals surface area contributed by atoms with E-state index < -0.39 is 29.5 Å². The van der Waals surface area contributed by atoms with Crippen LogP contribution in [0.3, 0.4) is 0 Å². The number of nitro benzene ring substituents is 1. The Morgan fingerprint density at radius 3 is 2.67 bits per heavy atom. The van der Waals surface area contributed by atoms with Crippen LogP contribution in [0.25, 0.3) is 0 Å². The molecule has 1 amide bonds. The van der Waals surface area contributed by atoms with Crippen molar-refractivity contribution in [2.45, 2.75) is 19.9 Å². The fourth-order valence-corrected chi connectivity index (χ4v) is 2.31. The van der Waals surface area contributed by atoms with Gasteiger partial charge in [-0.2, -0.15) is 5.10 Å². The van der Waals surface area contributed by atoms with E-state index in [1.165, 1.54) is 19.1 Å². The van der Waals surface area contributed by atoms with E-state index in [9.17, 15) is 23.7 Å². The Bertz CT molecular complexity index is 811. The van der Waals surface area contributed by atoms with Gasteiger partial charge < -0.3 is 5.32 Å². The van der Waals surface area contributed by atoms with Gasteiger partial charge in [0.2, 0.25) is 5.91 Å². The van der Waals surface area contributed by atoms with Crippen LogP contribution in [-0.2, 0) is 11.3 Å². The van der Waals surface area contributed by atoms with Gasteiger partial charge >= 0.3 is 0 Å². The van der Waals surface area contributed by atoms with Crippen molar-refractivity contribution in [2.75, 3.05) is 5.32 Å². The van der Waals surface area contributed by atoms with Gasteiger partial charge in [-0.25, -0.2) is 8.78 Å². The number of nitrogens with one attached hydrogen (secondary N) is 1. The number of hydrogen-bond acceptors (Lipinski definition) is 4. The molecule has 0 saturated carbocycles. The molecule has 2 aromatic rings. The maximum atomic E-state index is 12.7. The second-order valence-corrected chi connectivity index (χ2v) is 5.52. The number of nitro groups is 1. The van der Waals surface area contributed by atoms with Gasteiger partial charge in [0.1, 0.15) is 17.9 Å². The molecule has 1 N–H and O–H groups in total. The number of hydrogen-bond donors (Lipinski definition) is 1. The molecular weight excluding hydrogens is 369 g/mol. The van der Waals surface area contributed by atoms with E-state index in [1.807, 2.05) is 0 Å². The second-order valence-electron chi connectivity index (χ2n) is 4.71. The lowest BCUT2D eigenvalue weighted by atomic mass is 10.2. The Morgan fingerprint density at radius 1 is 1.46 bits per heavy atom. The van der Waals surface area contributed by atoms with Crippen LogP contribution in [-0.4, -0.2) is 20.6 Å². The van der Waals surface area contributed by atoms with Crippen LogP contribution in [0, 0.1) is 17.0 Å². The maximum Gasteiger partial charge on any atom is 0.294 e. The summed E-state index contributed by atoms with van der Waals surface area (Å²) in [4.78, 5) is 22.3. The highest BCUT2D eigenvalue weighted by Crippen LogP contribution is 2.29. The molecule has 0 aliphatic carbocycles. The van der Waals surface area contributed by atoms with Crippen LogP contribution in [0.4, 0.5) is 20.2 Å². The van der Waals surface area contributed by atoms with E-state index in [0.717, 1.165) is 10.7 Å². The predicted molar refractivity (Wildman–Crippen MR) is 83.7 cm³/mol. The van der Waals surface area contributed by atoms with E-state index >= 15 is 0 Å². The smallest absolute Gasteiger partial charge is 0.294 e. The quantitative estimate of drug-likeness (QED) is 0.629. The Morgan fingerprint density at radius 2 is 2.12 bits per heavy atom. The molecule has 2 rings (SSSR count). The first-order valence-corrected chi connectivity index (χ1v) is 7.21. The van der Waals surface area contributed by atoms with Gasteiger partial charge in [0.25, 0.3) is 12.1 Å².